The van der Waals surface area contributed by atoms with Gasteiger partial charge in [-0.15, -0.1) is 0 Å². The van der Waals surface area contributed by atoms with Gasteiger partial charge in [-0.05, 0) is 108 Å². The largest absolute Gasteiger partial charge is 0.311 e. The van der Waals surface area contributed by atoms with E-state index in [1.807, 2.05) is 0 Å². The van der Waals surface area contributed by atoms with Crippen LogP contribution >= 0.6 is 0 Å². The van der Waals surface area contributed by atoms with Crippen LogP contribution < -0.4 is 26.2 Å². The maximum Gasteiger partial charge on any atom is 0.252 e. The first kappa shape index (κ1) is 29.8. The Balaban J connectivity index is 1.37. The van der Waals surface area contributed by atoms with Gasteiger partial charge in [-0.2, -0.15) is 0 Å². The van der Waals surface area contributed by atoms with E-state index in [0.717, 1.165) is 0 Å². The fourth-order valence-corrected chi connectivity index (χ4v) is 8.06. The molecule has 2 aliphatic rings. The van der Waals surface area contributed by atoms with Crippen molar-refractivity contribution in [3.63, 3.8) is 0 Å². The van der Waals surface area contributed by atoms with Crippen molar-refractivity contribution in [2.45, 2.75) is 52.4 Å². The first-order valence-electron chi connectivity index (χ1n) is 17.6. The highest BCUT2D eigenvalue weighted by Crippen LogP contribution is 2.45. The van der Waals surface area contributed by atoms with E-state index in [1.165, 1.54) is 83.2 Å². The Bertz CT molecular complexity index is 2280. The summed E-state index contributed by atoms with van der Waals surface area (Å²) in [5.41, 5.74) is 14.2. The number of benzene rings is 7. The summed E-state index contributed by atoms with van der Waals surface area (Å²) < 4.78 is 0. The summed E-state index contributed by atoms with van der Waals surface area (Å²) >= 11 is 0. The van der Waals surface area contributed by atoms with Gasteiger partial charge in [0.1, 0.15) is 0 Å². The lowest BCUT2D eigenvalue weighted by Gasteiger charge is -2.45. The number of rotatable bonds is 2. The van der Waals surface area contributed by atoms with E-state index < -0.39 is 0 Å². The van der Waals surface area contributed by atoms with Gasteiger partial charge in [-0.3, -0.25) is 0 Å². The second-order valence-corrected chi connectivity index (χ2v) is 15.9. The summed E-state index contributed by atoms with van der Waals surface area (Å²) in [6, 6.07) is 52.6. The third-order valence-corrected chi connectivity index (χ3v) is 10.7. The van der Waals surface area contributed by atoms with Crippen molar-refractivity contribution >= 4 is 78.8 Å². The maximum atomic E-state index is 2.51. The summed E-state index contributed by atoms with van der Waals surface area (Å²) in [5.74, 6) is 0. The Morgan fingerprint density at radius 1 is 0.388 bits per heavy atom. The summed E-state index contributed by atoms with van der Waals surface area (Å²) in [7, 11) is 0. The van der Waals surface area contributed by atoms with Crippen LogP contribution in [0.15, 0.2) is 140 Å². The highest BCUT2D eigenvalue weighted by atomic mass is 15.2. The maximum absolute atomic E-state index is 2.51. The molecule has 0 N–H and O–H groups in total. The monoisotopic (exact) mass is 632 g/mol. The first-order chi connectivity index (χ1) is 23.6. The average Bonchev–Trinajstić information content (AvgIpc) is 3.10. The normalized spacial score (nSPS) is 13.8. The number of anilines is 6. The van der Waals surface area contributed by atoms with Crippen LogP contribution in [-0.2, 0) is 10.8 Å². The van der Waals surface area contributed by atoms with Gasteiger partial charge in [0.2, 0.25) is 0 Å². The molecule has 2 nitrogen and oxygen atoms in total. The van der Waals surface area contributed by atoms with Gasteiger partial charge in [-0.25, -0.2) is 0 Å². The molecule has 2 aliphatic heterocycles. The minimum absolute atomic E-state index is 0.0183. The summed E-state index contributed by atoms with van der Waals surface area (Å²) in [5, 5.41) is 5.01. The predicted octanol–water partition coefficient (Wildman–Crippen LogP) is 10.7. The molecule has 0 amide bonds. The van der Waals surface area contributed by atoms with Crippen LogP contribution in [0.3, 0.4) is 0 Å². The molecule has 238 valence electrons. The molecule has 0 unspecified atom stereocenters. The molecular weight excluding hydrogens is 591 g/mol. The minimum Gasteiger partial charge on any atom is -0.311 e. The number of hydrogen-bond acceptors (Lipinski definition) is 2. The fourth-order valence-electron chi connectivity index (χ4n) is 8.06. The van der Waals surface area contributed by atoms with Crippen LogP contribution in [0.25, 0.3) is 21.5 Å². The van der Waals surface area contributed by atoms with Gasteiger partial charge < -0.3 is 9.80 Å². The van der Waals surface area contributed by atoms with E-state index >= 15 is 0 Å². The molecule has 0 bridgehead atoms. The van der Waals surface area contributed by atoms with E-state index in [9.17, 15) is 0 Å². The third kappa shape index (κ3) is 4.70. The van der Waals surface area contributed by atoms with Crippen molar-refractivity contribution in [2.75, 3.05) is 9.80 Å². The van der Waals surface area contributed by atoms with E-state index in [0.29, 0.717) is 0 Å². The van der Waals surface area contributed by atoms with Crippen LogP contribution in [0.5, 0.6) is 0 Å². The van der Waals surface area contributed by atoms with Crippen LogP contribution in [-0.4, -0.2) is 6.71 Å². The molecule has 0 atom stereocenters. The molecule has 0 aliphatic carbocycles. The van der Waals surface area contributed by atoms with Crippen molar-refractivity contribution in [2.24, 2.45) is 0 Å². The lowest BCUT2D eigenvalue weighted by Crippen LogP contribution is -2.61. The Hall–Kier alpha value is -5.28. The van der Waals surface area contributed by atoms with E-state index in [4.69, 9.17) is 0 Å². The zero-order valence-corrected chi connectivity index (χ0v) is 29.3. The second kappa shape index (κ2) is 10.6. The van der Waals surface area contributed by atoms with Gasteiger partial charge in [-0.1, -0.05) is 133 Å². The minimum atomic E-state index is 0.0183. The third-order valence-electron chi connectivity index (χ3n) is 10.7. The zero-order valence-electron chi connectivity index (χ0n) is 29.3. The van der Waals surface area contributed by atoms with Crippen LogP contribution in [0, 0.1) is 0 Å². The lowest BCUT2D eigenvalue weighted by molar-refractivity contribution is 0.590. The highest BCUT2D eigenvalue weighted by molar-refractivity contribution is 7.00. The van der Waals surface area contributed by atoms with Crippen molar-refractivity contribution < 1.29 is 0 Å². The van der Waals surface area contributed by atoms with Crippen molar-refractivity contribution in [3.8, 4) is 0 Å². The van der Waals surface area contributed by atoms with Crippen molar-refractivity contribution in [1.29, 1.82) is 0 Å². The van der Waals surface area contributed by atoms with Crippen molar-refractivity contribution in [1.82, 2.24) is 0 Å². The molecule has 7 aromatic rings. The molecule has 0 saturated heterocycles. The number of nitrogens with zero attached hydrogens (tertiary/aromatic N) is 2. The zero-order chi connectivity index (χ0) is 33.7. The quantitative estimate of drug-likeness (QED) is 0.175. The Kier molecular flexibility index (Phi) is 6.46. The molecule has 2 heterocycles. The van der Waals surface area contributed by atoms with Crippen LogP contribution in [0.4, 0.5) is 34.1 Å². The molecule has 0 fully saturated rings. The van der Waals surface area contributed by atoms with Crippen LogP contribution in [0.2, 0.25) is 0 Å². The molecule has 0 spiro atoms. The van der Waals surface area contributed by atoms with Crippen molar-refractivity contribution in [3.05, 3.63) is 151 Å². The van der Waals surface area contributed by atoms with Gasteiger partial charge in [0.25, 0.3) is 6.71 Å². The van der Waals surface area contributed by atoms with E-state index in [-0.39, 0.29) is 17.5 Å². The predicted molar refractivity (Wildman–Crippen MR) is 213 cm³/mol. The van der Waals surface area contributed by atoms with E-state index in [1.54, 1.807) is 0 Å². The average molecular weight is 633 g/mol. The summed E-state index contributed by atoms with van der Waals surface area (Å²) in [6.45, 7) is 14.0. The van der Waals surface area contributed by atoms with Gasteiger partial charge in [0.05, 0.1) is 0 Å². The molecule has 49 heavy (non-hydrogen) atoms. The Morgan fingerprint density at radius 2 is 0.816 bits per heavy atom. The number of hydrogen-bond donors (Lipinski definition) is 0. The molecule has 0 saturated carbocycles. The topological polar surface area (TPSA) is 6.48 Å². The smallest absolute Gasteiger partial charge is 0.252 e. The molecule has 0 radical (unpaired) electrons. The fraction of sp³-hybridized carbons (Fsp3) is 0.174. The first-order valence-corrected chi connectivity index (χ1v) is 17.6. The van der Waals surface area contributed by atoms with Gasteiger partial charge >= 0.3 is 0 Å². The molecule has 9 rings (SSSR count). The summed E-state index contributed by atoms with van der Waals surface area (Å²) in [6.07, 6.45) is 0. The SMILES string of the molecule is CC(C)(C)c1ccc2c(c1)B1c3cc(C(C)(C)C)ccc3N(c3ccc4ccccc4c3)c3cccc(c31)N2c1ccc2ccccc2c1. The molecular formula is C46H41BN2. The Labute approximate surface area is 290 Å². The second-order valence-electron chi connectivity index (χ2n) is 15.9. The molecule has 3 heteroatoms. The summed E-state index contributed by atoms with van der Waals surface area (Å²) in [4.78, 5) is 5.03. The number of fused-ring (bicyclic) bond motifs is 6. The standard InChI is InChI=1S/C46H41BN2/c1-45(2,3)34-20-24-40-38(28-34)47-39-29-35(46(4,5)6)21-25-41(39)49(37-23-19-31-13-8-10-15-33(31)27-37)43-17-11-16-42(44(43)47)48(40)36-22-18-30-12-7-9-14-32(30)26-36/h7-29H,1-6H3. The van der Waals surface area contributed by atoms with Gasteiger partial charge in [0.15, 0.2) is 0 Å². The molecule has 7 aromatic carbocycles. The van der Waals surface area contributed by atoms with E-state index in [2.05, 4.69) is 191 Å². The van der Waals surface area contributed by atoms with Crippen LogP contribution in [0.1, 0.15) is 52.7 Å². The molecule has 0 aromatic heterocycles. The highest BCUT2D eigenvalue weighted by Gasteiger charge is 2.44. The van der Waals surface area contributed by atoms with Gasteiger partial charge in [0, 0.05) is 34.1 Å². The lowest BCUT2D eigenvalue weighted by atomic mass is 9.33. The Morgan fingerprint density at radius 3 is 1.24 bits per heavy atom.